The Morgan fingerprint density at radius 1 is 0.477 bits per heavy atom. The van der Waals surface area contributed by atoms with Gasteiger partial charge in [0.2, 0.25) is 9.79 Å². The molecule has 2 aromatic carbocycles. The number of nitrogens with zero attached hydrogens (tertiary/aromatic N) is 8. The highest BCUT2D eigenvalue weighted by molar-refractivity contribution is 7.86. The van der Waals surface area contributed by atoms with E-state index in [9.17, 15) is 77.5 Å². The predicted molar refractivity (Wildman–Crippen MR) is 235 cm³/mol. The van der Waals surface area contributed by atoms with E-state index in [-0.39, 0.29) is 24.3 Å². The van der Waals surface area contributed by atoms with E-state index >= 15 is 0 Å². The molecule has 0 unspecified atom stereocenters. The lowest BCUT2D eigenvalue weighted by atomic mass is 10.1. The van der Waals surface area contributed by atoms with Crippen LogP contribution in [-0.4, -0.2) is 105 Å². The zero-order valence-electron chi connectivity index (χ0n) is 36.4. The maximum Gasteiger partial charge on any atom is 0.308 e. The summed E-state index contributed by atoms with van der Waals surface area (Å²) in [5, 5.41) is 63.3. The maximum atomic E-state index is 10.9. The summed E-state index contributed by atoms with van der Waals surface area (Å²) in [4.78, 5) is 57.7. The second-order valence-electron chi connectivity index (χ2n) is 15.1. The van der Waals surface area contributed by atoms with Gasteiger partial charge >= 0.3 is 43.0 Å². The predicted octanol–water partition coefficient (Wildman–Crippen LogP) is 8.59. The van der Waals surface area contributed by atoms with E-state index in [1.165, 1.54) is 148 Å². The molecule has 28 heteroatoms. The van der Waals surface area contributed by atoms with Gasteiger partial charge < -0.3 is 9.80 Å². The van der Waals surface area contributed by atoms with Crippen LogP contribution in [0.5, 0.6) is 0 Å². The van der Waals surface area contributed by atoms with Crippen LogP contribution >= 0.6 is 0 Å². The minimum absolute atomic E-state index is 0.204. The smallest absolute Gasteiger partial charge is 0.303 e. The molecule has 2 aromatic rings. The maximum absolute atomic E-state index is 10.9. The van der Waals surface area contributed by atoms with Crippen LogP contribution in [0.25, 0.3) is 0 Å². The van der Waals surface area contributed by atoms with E-state index in [1.807, 2.05) is 0 Å². The Morgan fingerprint density at radius 3 is 1.05 bits per heavy atom. The van der Waals surface area contributed by atoms with Crippen molar-refractivity contribution in [1.29, 1.82) is 0 Å². The second kappa shape index (κ2) is 29.2. The molecule has 65 heavy (non-hydrogen) atoms. The molecule has 0 saturated carbocycles. The molecule has 26 nitrogen and oxygen atoms in total. The summed E-state index contributed by atoms with van der Waals surface area (Å²) in [6.07, 6.45) is 24.3. The fourth-order valence-electron chi connectivity index (χ4n) is 6.87. The third-order valence-electron chi connectivity index (χ3n) is 10.1. The average molecular weight is 967 g/mol. The van der Waals surface area contributed by atoms with Crippen LogP contribution in [0, 0.1) is 60.7 Å². The number of non-ortho nitro benzene ring substituents is 2. The molecule has 0 radical (unpaired) electrons. The molecule has 0 bridgehead atoms. The molecule has 3 rings (SSSR count). The lowest BCUT2D eigenvalue weighted by molar-refractivity contribution is -0.407. The summed E-state index contributed by atoms with van der Waals surface area (Å²) in [5.74, 6) is 0. The van der Waals surface area contributed by atoms with Gasteiger partial charge in [0.05, 0.1) is 53.8 Å². The van der Waals surface area contributed by atoms with Crippen LogP contribution in [0.2, 0.25) is 0 Å². The highest BCUT2D eigenvalue weighted by Gasteiger charge is 2.39. The number of likely N-dealkylation sites (tertiary alicyclic amines) is 1. The zero-order valence-corrected chi connectivity index (χ0v) is 38.0. The van der Waals surface area contributed by atoms with E-state index in [4.69, 9.17) is 9.11 Å². The van der Waals surface area contributed by atoms with Crippen molar-refractivity contribution in [3.05, 3.63) is 85.0 Å². The van der Waals surface area contributed by atoms with Gasteiger partial charge in [0.1, 0.15) is 0 Å². The summed E-state index contributed by atoms with van der Waals surface area (Å²) in [6, 6.07) is 0.818. The SMILES string of the molecule is CCCCCN(CCCCC)CCCCCCCCCCN1CCCCC1.O=[N+]([O-])c1cc([N+](=O)[O-])c(S(=O)(=O)O)c([N+](=O)[O-])c1.O=[N+]([O-])c1cc([N+](=O)[O-])c(S(=O)(=O)O)c([N+](=O)[O-])c1. The summed E-state index contributed by atoms with van der Waals surface area (Å²) in [7, 11) is -10.6. The van der Waals surface area contributed by atoms with Crippen LogP contribution in [0.3, 0.4) is 0 Å². The van der Waals surface area contributed by atoms with Gasteiger partial charge in [0.15, 0.2) is 0 Å². The Labute approximate surface area is 375 Å². The molecule has 0 atom stereocenters. The van der Waals surface area contributed by atoms with Crippen molar-refractivity contribution >= 4 is 54.4 Å². The molecule has 1 aliphatic rings. The normalized spacial score (nSPS) is 12.9. The molecule has 2 N–H and O–H groups in total. The van der Waals surface area contributed by atoms with Crippen molar-refractivity contribution in [2.45, 2.75) is 133 Å². The summed E-state index contributed by atoms with van der Waals surface area (Å²) < 4.78 is 61.3. The number of piperidine rings is 1. The topological polar surface area (TPSA) is 374 Å². The first-order chi connectivity index (χ1) is 30.5. The van der Waals surface area contributed by atoms with Gasteiger partial charge in [0.25, 0.3) is 11.4 Å². The van der Waals surface area contributed by atoms with Gasteiger partial charge in [-0.2, -0.15) is 16.8 Å². The first-order valence-corrected chi connectivity index (χ1v) is 24.0. The van der Waals surface area contributed by atoms with E-state index in [0.717, 1.165) is 0 Å². The van der Waals surface area contributed by atoms with Crippen LogP contribution in [0.4, 0.5) is 34.1 Å². The molecule has 1 heterocycles. The van der Waals surface area contributed by atoms with E-state index in [1.54, 1.807) is 0 Å². The van der Waals surface area contributed by atoms with E-state index < -0.39 is 93.7 Å². The number of hydrogen-bond donors (Lipinski definition) is 2. The Kier molecular flexibility index (Phi) is 25.9. The van der Waals surface area contributed by atoms with Crippen molar-refractivity contribution < 1.29 is 55.5 Å². The molecule has 0 aromatic heterocycles. The molecule has 0 aliphatic carbocycles. The van der Waals surface area contributed by atoms with Crippen molar-refractivity contribution in [2.24, 2.45) is 0 Å². The molecule has 0 spiro atoms. The van der Waals surface area contributed by atoms with Crippen molar-refractivity contribution in [1.82, 2.24) is 9.80 Å². The number of hydrogen-bond acceptors (Lipinski definition) is 18. The number of nitro groups is 6. The van der Waals surface area contributed by atoms with Crippen LogP contribution in [0.1, 0.15) is 123 Å². The molecule has 1 aliphatic heterocycles. The highest BCUT2D eigenvalue weighted by atomic mass is 32.2. The number of benzene rings is 2. The molecular formula is C37H58N8O18S2. The quantitative estimate of drug-likeness (QED) is 0.0366. The minimum Gasteiger partial charge on any atom is -0.303 e. The minimum atomic E-state index is -5.30. The Morgan fingerprint density at radius 2 is 0.769 bits per heavy atom. The van der Waals surface area contributed by atoms with Gasteiger partial charge in [-0.3, -0.25) is 69.8 Å². The number of rotatable bonds is 27. The van der Waals surface area contributed by atoms with Crippen LogP contribution in [0.15, 0.2) is 34.1 Å². The van der Waals surface area contributed by atoms with Crippen molar-refractivity contribution in [3.8, 4) is 0 Å². The summed E-state index contributed by atoms with van der Waals surface area (Å²) in [5.41, 5.74) is -7.92. The van der Waals surface area contributed by atoms with Gasteiger partial charge in [-0.15, -0.1) is 0 Å². The molecule has 1 fully saturated rings. The Hall–Kier alpha value is -5.42. The third kappa shape index (κ3) is 21.4. The first-order valence-electron chi connectivity index (χ1n) is 21.1. The lowest BCUT2D eigenvalue weighted by Gasteiger charge is -2.26. The summed E-state index contributed by atoms with van der Waals surface area (Å²) in [6.45, 7) is 12.8. The first kappa shape index (κ1) is 57.6. The zero-order chi connectivity index (χ0) is 49.3. The molecule has 0 amide bonds. The summed E-state index contributed by atoms with van der Waals surface area (Å²) >= 11 is 0. The van der Waals surface area contributed by atoms with Gasteiger partial charge in [-0.25, -0.2) is 0 Å². The van der Waals surface area contributed by atoms with E-state index in [0.29, 0.717) is 0 Å². The van der Waals surface area contributed by atoms with Crippen molar-refractivity contribution in [2.75, 3.05) is 39.3 Å². The van der Waals surface area contributed by atoms with Gasteiger partial charge in [-0.1, -0.05) is 84.5 Å². The highest BCUT2D eigenvalue weighted by Crippen LogP contribution is 2.38. The number of unbranched alkanes of at least 4 members (excludes halogenated alkanes) is 11. The van der Waals surface area contributed by atoms with Gasteiger partial charge in [0, 0.05) is 0 Å². The fraction of sp³-hybridized carbons (Fsp3) is 0.676. The molecule has 1 saturated heterocycles. The largest absolute Gasteiger partial charge is 0.308 e. The lowest BCUT2D eigenvalue weighted by Crippen LogP contribution is -2.30. The molecular weight excluding hydrogens is 909 g/mol. The van der Waals surface area contributed by atoms with E-state index in [2.05, 4.69) is 23.6 Å². The van der Waals surface area contributed by atoms with Gasteiger partial charge in [-0.05, 0) is 77.8 Å². The average Bonchev–Trinajstić information content (AvgIpc) is 3.23. The third-order valence-corrected chi connectivity index (χ3v) is 12.0. The number of nitro benzene ring substituents is 6. The van der Waals surface area contributed by atoms with Crippen LogP contribution < -0.4 is 0 Å². The molecule has 366 valence electrons. The van der Waals surface area contributed by atoms with Crippen molar-refractivity contribution in [3.63, 3.8) is 0 Å². The Balaban J connectivity index is 0.000000499. The fourth-order valence-corrected chi connectivity index (χ4v) is 8.46. The standard InChI is InChI=1S/C25H52N2.2C6H3N3O9S/c1-3-5-14-20-26(21-15-6-4-2)22-16-11-9-7-8-10-12-17-23-27-24-18-13-19-25-27;2*10-7(11)3-1-4(8(12)13)6(19(16,17)18)5(2-3)9(14)15/h3-25H2,1-2H3;2*1-2H,(H,16,17,18). The monoisotopic (exact) mass is 966 g/mol. The Bertz CT molecular complexity index is 1950. The van der Waals surface area contributed by atoms with Crippen LogP contribution in [-0.2, 0) is 20.2 Å². The second-order valence-corrected chi connectivity index (χ2v) is 17.8.